The Bertz CT molecular complexity index is 560. The molecule has 1 aromatic carbocycles. The average Bonchev–Trinajstić information content (AvgIpc) is 2.68. The van der Waals surface area contributed by atoms with Gasteiger partial charge < -0.3 is 4.57 Å². The Morgan fingerprint density at radius 1 is 1.47 bits per heavy atom. The summed E-state index contributed by atoms with van der Waals surface area (Å²) in [4.78, 5) is 16.3. The molecule has 0 spiro atoms. The third-order valence-electron chi connectivity index (χ3n) is 2.66. The lowest BCUT2D eigenvalue weighted by atomic mass is 10.1. The molecule has 2 rings (SSSR count). The van der Waals surface area contributed by atoms with Crippen LogP contribution in [0.1, 0.15) is 21.7 Å². The minimum Gasteiger partial charge on any atom is -0.338 e. The SMILES string of the molecule is Cc1ccc(Br)c(C(=O)Cc2nccn2C)c1. The minimum atomic E-state index is 0.0786. The van der Waals surface area contributed by atoms with E-state index in [2.05, 4.69) is 20.9 Å². The van der Waals surface area contributed by atoms with Gasteiger partial charge in [0.15, 0.2) is 5.78 Å². The van der Waals surface area contributed by atoms with Crippen molar-refractivity contribution < 1.29 is 4.79 Å². The second kappa shape index (κ2) is 4.84. The van der Waals surface area contributed by atoms with E-state index in [1.54, 1.807) is 6.20 Å². The number of benzene rings is 1. The van der Waals surface area contributed by atoms with Crippen molar-refractivity contribution in [2.75, 3.05) is 0 Å². The number of aromatic nitrogens is 2. The first kappa shape index (κ1) is 12.0. The quantitative estimate of drug-likeness (QED) is 0.816. The molecule has 0 aliphatic carbocycles. The van der Waals surface area contributed by atoms with Gasteiger partial charge in [0.25, 0.3) is 0 Å². The molecule has 0 saturated heterocycles. The Balaban J connectivity index is 2.26. The number of hydrogen-bond acceptors (Lipinski definition) is 2. The van der Waals surface area contributed by atoms with Gasteiger partial charge in [0.2, 0.25) is 0 Å². The fourth-order valence-electron chi connectivity index (χ4n) is 1.66. The van der Waals surface area contributed by atoms with Crippen molar-refractivity contribution in [2.45, 2.75) is 13.3 Å². The Morgan fingerprint density at radius 2 is 2.24 bits per heavy atom. The second-order valence-electron chi connectivity index (χ2n) is 4.04. The highest BCUT2D eigenvalue weighted by atomic mass is 79.9. The van der Waals surface area contributed by atoms with Crippen molar-refractivity contribution in [3.63, 3.8) is 0 Å². The van der Waals surface area contributed by atoms with Crippen LogP contribution in [0.4, 0.5) is 0 Å². The number of carbonyl (C=O) groups is 1. The third-order valence-corrected chi connectivity index (χ3v) is 3.35. The van der Waals surface area contributed by atoms with E-state index in [0.717, 1.165) is 15.9 Å². The molecule has 0 unspecified atom stereocenters. The number of imidazole rings is 1. The highest BCUT2D eigenvalue weighted by Crippen LogP contribution is 2.19. The maximum atomic E-state index is 12.2. The number of carbonyl (C=O) groups excluding carboxylic acids is 1. The highest BCUT2D eigenvalue weighted by Gasteiger charge is 2.13. The normalized spacial score (nSPS) is 10.5. The van der Waals surface area contributed by atoms with E-state index in [9.17, 15) is 4.79 Å². The third kappa shape index (κ3) is 2.64. The molecule has 1 heterocycles. The Hall–Kier alpha value is -1.42. The first-order valence-electron chi connectivity index (χ1n) is 5.33. The van der Waals surface area contributed by atoms with Crippen LogP contribution in [0.2, 0.25) is 0 Å². The maximum absolute atomic E-state index is 12.2. The van der Waals surface area contributed by atoms with E-state index in [1.165, 1.54) is 0 Å². The predicted octanol–water partition coefficient (Wildman–Crippen LogP) is 2.92. The molecule has 3 nitrogen and oxygen atoms in total. The van der Waals surface area contributed by atoms with E-state index in [0.29, 0.717) is 12.0 Å². The van der Waals surface area contributed by atoms with Crippen molar-refractivity contribution in [3.05, 3.63) is 52.0 Å². The van der Waals surface area contributed by atoms with E-state index < -0.39 is 0 Å². The first-order chi connectivity index (χ1) is 8.08. The highest BCUT2D eigenvalue weighted by molar-refractivity contribution is 9.10. The molecule has 2 aromatic rings. The molecule has 1 aromatic heterocycles. The summed E-state index contributed by atoms with van der Waals surface area (Å²) < 4.78 is 2.70. The standard InChI is InChI=1S/C13H13BrN2O/c1-9-3-4-11(14)10(7-9)12(17)8-13-15-5-6-16(13)2/h3-7H,8H2,1-2H3. The summed E-state index contributed by atoms with van der Waals surface area (Å²) in [7, 11) is 1.89. The fraction of sp³-hybridized carbons (Fsp3) is 0.231. The summed E-state index contributed by atoms with van der Waals surface area (Å²) >= 11 is 3.41. The van der Waals surface area contributed by atoms with E-state index in [4.69, 9.17) is 0 Å². The van der Waals surface area contributed by atoms with Crippen LogP contribution in [-0.4, -0.2) is 15.3 Å². The number of Topliss-reactive ketones (excluding diaryl/α,β-unsaturated/α-hetero) is 1. The van der Waals surface area contributed by atoms with Crippen LogP contribution in [-0.2, 0) is 13.5 Å². The topological polar surface area (TPSA) is 34.9 Å². The van der Waals surface area contributed by atoms with E-state index in [-0.39, 0.29) is 5.78 Å². The number of halogens is 1. The lowest BCUT2D eigenvalue weighted by Gasteiger charge is -2.05. The van der Waals surface area contributed by atoms with Crippen LogP contribution in [0.3, 0.4) is 0 Å². The van der Waals surface area contributed by atoms with Crippen molar-refractivity contribution in [1.82, 2.24) is 9.55 Å². The Labute approximate surface area is 109 Å². The molecule has 0 N–H and O–H groups in total. The van der Waals surface area contributed by atoms with Crippen LogP contribution in [0.5, 0.6) is 0 Å². The summed E-state index contributed by atoms with van der Waals surface area (Å²) in [5.74, 6) is 0.860. The second-order valence-corrected chi connectivity index (χ2v) is 4.89. The molecular formula is C13H13BrN2O. The summed E-state index contributed by atoms with van der Waals surface area (Å²) in [6.07, 6.45) is 3.87. The van der Waals surface area contributed by atoms with Gasteiger partial charge >= 0.3 is 0 Å². The number of aryl methyl sites for hydroxylation is 2. The molecule has 0 bridgehead atoms. The molecule has 88 valence electrons. The lowest BCUT2D eigenvalue weighted by molar-refractivity contribution is 0.0989. The number of rotatable bonds is 3. The van der Waals surface area contributed by atoms with Crippen molar-refractivity contribution in [1.29, 1.82) is 0 Å². The summed E-state index contributed by atoms with van der Waals surface area (Å²) in [6.45, 7) is 1.98. The first-order valence-corrected chi connectivity index (χ1v) is 6.13. The van der Waals surface area contributed by atoms with Crippen LogP contribution in [0.25, 0.3) is 0 Å². The van der Waals surface area contributed by atoms with Crippen LogP contribution < -0.4 is 0 Å². The zero-order chi connectivity index (χ0) is 12.4. The van der Waals surface area contributed by atoms with Gasteiger partial charge in [-0.05, 0) is 19.1 Å². The average molecular weight is 293 g/mol. The molecule has 0 fully saturated rings. The van der Waals surface area contributed by atoms with E-state index in [1.807, 2.05) is 42.9 Å². The van der Waals surface area contributed by atoms with Gasteiger partial charge in [0, 0.05) is 29.5 Å². The largest absolute Gasteiger partial charge is 0.338 e. The molecule has 0 amide bonds. The molecular weight excluding hydrogens is 280 g/mol. The zero-order valence-electron chi connectivity index (χ0n) is 9.77. The Kier molecular flexibility index (Phi) is 3.43. The minimum absolute atomic E-state index is 0.0786. The zero-order valence-corrected chi connectivity index (χ0v) is 11.4. The van der Waals surface area contributed by atoms with Gasteiger partial charge in [0.1, 0.15) is 5.82 Å². The Morgan fingerprint density at radius 3 is 2.88 bits per heavy atom. The molecule has 4 heteroatoms. The molecule has 17 heavy (non-hydrogen) atoms. The number of hydrogen-bond donors (Lipinski definition) is 0. The molecule has 0 aliphatic heterocycles. The van der Waals surface area contributed by atoms with Crippen molar-refractivity contribution in [2.24, 2.45) is 7.05 Å². The van der Waals surface area contributed by atoms with Crippen LogP contribution in [0, 0.1) is 6.92 Å². The van der Waals surface area contributed by atoms with Gasteiger partial charge in [-0.15, -0.1) is 0 Å². The lowest BCUT2D eigenvalue weighted by Crippen LogP contribution is -2.09. The molecule has 0 atom stereocenters. The number of nitrogens with zero attached hydrogens (tertiary/aromatic N) is 2. The predicted molar refractivity (Wildman–Crippen MR) is 70.1 cm³/mol. The molecule has 0 saturated carbocycles. The number of ketones is 1. The van der Waals surface area contributed by atoms with Crippen LogP contribution in [0.15, 0.2) is 35.1 Å². The molecule has 0 radical (unpaired) electrons. The van der Waals surface area contributed by atoms with E-state index >= 15 is 0 Å². The fourth-order valence-corrected chi connectivity index (χ4v) is 2.13. The van der Waals surface area contributed by atoms with Gasteiger partial charge in [-0.25, -0.2) is 4.98 Å². The monoisotopic (exact) mass is 292 g/mol. The van der Waals surface area contributed by atoms with Gasteiger partial charge in [-0.1, -0.05) is 27.6 Å². The van der Waals surface area contributed by atoms with Crippen molar-refractivity contribution >= 4 is 21.7 Å². The smallest absolute Gasteiger partial charge is 0.171 e. The summed E-state index contributed by atoms with van der Waals surface area (Å²) in [5, 5.41) is 0. The summed E-state index contributed by atoms with van der Waals surface area (Å²) in [5.41, 5.74) is 1.80. The van der Waals surface area contributed by atoms with Gasteiger partial charge in [-0.2, -0.15) is 0 Å². The molecule has 0 aliphatic rings. The van der Waals surface area contributed by atoms with Gasteiger partial charge in [-0.3, -0.25) is 4.79 Å². The van der Waals surface area contributed by atoms with Crippen molar-refractivity contribution in [3.8, 4) is 0 Å². The maximum Gasteiger partial charge on any atom is 0.171 e. The van der Waals surface area contributed by atoms with Gasteiger partial charge in [0.05, 0.1) is 6.42 Å². The van der Waals surface area contributed by atoms with Crippen LogP contribution >= 0.6 is 15.9 Å². The summed E-state index contributed by atoms with van der Waals surface area (Å²) in [6, 6.07) is 5.78.